The molecule has 0 aromatic carbocycles. The molecule has 2 heterocycles. The zero-order valence-corrected chi connectivity index (χ0v) is 12.1. The fraction of sp³-hybridized carbons (Fsp3) is 0.500. The minimum absolute atomic E-state index is 0.110. The lowest BCUT2D eigenvalue weighted by Crippen LogP contribution is -2.65. The second kappa shape index (κ2) is 4.77. The Hall–Kier alpha value is -2.11. The van der Waals surface area contributed by atoms with E-state index in [1.807, 2.05) is 24.6 Å². The van der Waals surface area contributed by atoms with Crippen LogP contribution in [0.2, 0.25) is 0 Å². The predicted molar refractivity (Wildman–Crippen MR) is 73.1 cm³/mol. The van der Waals surface area contributed by atoms with Gasteiger partial charge in [-0.1, -0.05) is 0 Å². The van der Waals surface area contributed by atoms with Crippen molar-refractivity contribution in [2.45, 2.75) is 39.3 Å². The summed E-state index contributed by atoms with van der Waals surface area (Å²) < 4.78 is 1.83. The Morgan fingerprint density at radius 3 is 2.60 bits per heavy atom. The van der Waals surface area contributed by atoms with Gasteiger partial charge in [-0.05, 0) is 39.8 Å². The van der Waals surface area contributed by atoms with Crippen molar-refractivity contribution in [3.63, 3.8) is 0 Å². The molecular weight excluding hydrogens is 258 g/mol. The lowest BCUT2D eigenvalue weighted by Gasteiger charge is -2.40. The molecule has 2 rings (SSSR count). The summed E-state index contributed by atoms with van der Waals surface area (Å²) in [6.45, 7) is 7.09. The monoisotopic (exact) mass is 277 g/mol. The number of aromatic nitrogens is 1. The molecule has 1 aliphatic rings. The highest BCUT2D eigenvalue weighted by Crippen LogP contribution is 2.22. The molecule has 6 heteroatoms. The third kappa shape index (κ3) is 2.21. The quantitative estimate of drug-likeness (QED) is 0.818. The number of rotatable bonds is 2. The Kier molecular flexibility index (Phi) is 3.41. The molecular formula is C14H19N3O3. The smallest absolute Gasteiger partial charge is 0.271 e. The van der Waals surface area contributed by atoms with E-state index in [2.05, 4.69) is 5.32 Å². The molecule has 1 aromatic heterocycles. The van der Waals surface area contributed by atoms with Crippen LogP contribution in [0, 0.1) is 0 Å². The molecule has 1 fully saturated rings. The van der Waals surface area contributed by atoms with Crippen LogP contribution in [-0.2, 0) is 9.59 Å². The minimum Gasteiger partial charge on any atom is -0.341 e. The first-order chi connectivity index (χ1) is 9.25. The van der Waals surface area contributed by atoms with Gasteiger partial charge >= 0.3 is 0 Å². The number of piperazine rings is 1. The van der Waals surface area contributed by atoms with Gasteiger partial charge in [0.1, 0.15) is 17.8 Å². The van der Waals surface area contributed by atoms with Gasteiger partial charge in [0.15, 0.2) is 0 Å². The van der Waals surface area contributed by atoms with Crippen LogP contribution in [-0.4, -0.2) is 39.3 Å². The van der Waals surface area contributed by atoms with E-state index in [1.54, 1.807) is 26.0 Å². The molecule has 0 radical (unpaired) electrons. The second-order valence-electron chi connectivity index (χ2n) is 5.72. The number of hydrogen-bond donors (Lipinski definition) is 1. The zero-order chi connectivity index (χ0) is 15.1. The molecule has 0 spiro atoms. The average Bonchev–Trinajstić information content (AvgIpc) is 2.82. The Balaban J connectivity index is 2.38. The summed E-state index contributed by atoms with van der Waals surface area (Å²) in [7, 11) is 0. The van der Waals surface area contributed by atoms with Crippen LogP contribution in [0.3, 0.4) is 0 Å². The molecule has 1 aromatic rings. The number of imide groups is 1. The highest BCUT2D eigenvalue weighted by atomic mass is 16.2. The Morgan fingerprint density at radius 1 is 1.35 bits per heavy atom. The van der Waals surface area contributed by atoms with Gasteiger partial charge in [0.25, 0.3) is 11.8 Å². The maximum Gasteiger partial charge on any atom is 0.271 e. The fourth-order valence-electron chi connectivity index (χ4n) is 2.27. The maximum atomic E-state index is 12.7. The predicted octanol–water partition coefficient (Wildman–Crippen LogP) is 0.946. The number of carbonyl (C=O) groups excluding carboxylic acids is 3. The summed E-state index contributed by atoms with van der Waals surface area (Å²) in [4.78, 5) is 37.4. The summed E-state index contributed by atoms with van der Waals surface area (Å²) in [6.07, 6.45) is 1.82. The summed E-state index contributed by atoms with van der Waals surface area (Å²) in [6, 6.07) is 3.61. The SMILES string of the molecule is CC(C)n1cccc1C(=O)N1CC(=O)NC(=O)C1(C)C. The third-order valence-electron chi connectivity index (χ3n) is 3.58. The van der Waals surface area contributed by atoms with Gasteiger partial charge in [0, 0.05) is 12.2 Å². The standard InChI is InChI=1S/C14H19N3O3/c1-9(2)16-7-5-6-10(16)12(19)17-8-11(18)15-13(20)14(17,3)4/h5-7,9H,8H2,1-4H3,(H,15,18,20). The first-order valence-corrected chi connectivity index (χ1v) is 6.58. The second-order valence-corrected chi connectivity index (χ2v) is 5.72. The first-order valence-electron chi connectivity index (χ1n) is 6.58. The van der Waals surface area contributed by atoms with Crippen molar-refractivity contribution in [1.29, 1.82) is 0 Å². The van der Waals surface area contributed by atoms with Gasteiger partial charge in [-0.25, -0.2) is 0 Å². The minimum atomic E-state index is -1.04. The van der Waals surface area contributed by atoms with Gasteiger partial charge in [-0.15, -0.1) is 0 Å². The van der Waals surface area contributed by atoms with Crippen LogP contribution in [0.5, 0.6) is 0 Å². The summed E-state index contributed by atoms with van der Waals surface area (Å²) in [5.74, 6) is -1.22. The number of hydrogen-bond acceptors (Lipinski definition) is 3. The van der Waals surface area contributed by atoms with Crippen LogP contribution < -0.4 is 5.32 Å². The van der Waals surface area contributed by atoms with Crippen LogP contribution >= 0.6 is 0 Å². The van der Waals surface area contributed by atoms with Crippen LogP contribution in [0.1, 0.15) is 44.2 Å². The lowest BCUT2D eigenvalue weighted by molar-refractivity contribution is -0.143. The normalized spacial score (nSPS) is 18.4. The average molecular weight is 277 g/mol. The number of nitrogens with zero attached hydrogens (tertiary/aromatic N) is 2. The largest absolute Gasteiger partial charge is 0.341 e. The van der Waals surface area contributed by atoms with E-state index < -0.39 is 17.4 Å². The number of carbonyl (C=O) groups is 3. The van der Waals surface area contributed by atoms with E-state index in [0.717, 1.165) is 0 Å². The summed E-state index contributed by atoms with van der Waals surface area (Å²) in [5.41, 5.74) is -0.563. The maximum absolute atomic E-state index is 12.7. The lowest BCUT2D eigenvalue weighted by atomic mass is 9.98. The van der Waals surface area contributed by atoms with E-state index >= 15 is 0 Å². The van der Waals surface area contributed by atoms with Gasteiger partial charge in [0.05, 0.1) is 0 Å². The summed E-state index contributed by atoms with van der Waals surface area (Å²) >= 11 is 0. The van der Waals surface area contributed by atoms with Crippen LogP contribution in [0.25, 0.3) is 0 Å². The van der Waals surface area contributed by atoms with Crippen LogP contribution in [0.15, 0.2) is 18.3 Å². The van der Waals surface area contributed by atoms with Crippen molar-refractivity contribution in [3.05, 3.63) is 24.0 Å². The van der Waals surface area contributed by atoms with Gasteiger partial charge in [0.2, 0.25) is 5.91 Å². The molecule has 1 saturated heterocycles. The highest BCUT2D eigenvalue weighted by Gasteiger charge is 2.44. The molecule has 3 amide bonds. The van der Waals surface area contributed by atoms with Crippen molar-refractivity contribution in [2.24, 2.45) is 0 Å². The molecule has 1 aliphatic heterocycles. The van der Waals surface area contributed by atoms with Crippen molar-refractivity contribution in [3.8, 4) is 0 Å². The number of nitrogens with one attached hydrogen (secondary N) is 1. The van der Waals surface area contributed by atoms with Crippen molar-refractivity contribution >= 4 is 17.7 Å². The molecule has 20 heavy (non-hydrogen) atoms. The Morgan fingerprint density at radius 2 is 2.00 bits per heavy atom. The Labute approximate surface area is 117 Å². The summed E-state index contributed by atoms with van der Waals surface area (Å²) in [5, 5.41) is 2.26. The molecule has 0 saturated carbocycles. The van der Waals surface area contributed by atoms with Gasteiger partial charge in [-0.3, -0.25) is 19.7 Å². The fourth-order valence-corrected chi connectivity index (χ4v) is 2.27. The first kappa shape index (κ1) is 14.3. The molecule has 1 N–H and O–H groups in total. The molecule has 0 unspecified atom stereocenters. The van der Waals surface area contributed by atoms with Gasteiger partial charge < -0.3 is 9.47 Å². The van der Waals surface area contributed by atoms with E-state index in [0.29, 0.717) is 5.69 Å². The topological polar surface area (TPSA) is 71.4 Å². The highest BCUT2D eigenvalue weighted by molar-refractivity contribution is 6.08. The van der Waals surface area contributed by atoms with E-state index in [-0.39, 0.29) is 18.5 Å². The van der Waals surface area contributed by atoms with Crippen molar-refractivity contribution in [2.75, 3.05) is 6.54 Å². The molecule has 0 atom stereocenters. The molecule has 6 nitrogen and oxygen atoms in total. The zero-order valence-electron chi connectivity index (χ0n) is 12.1. The van der Waals surface area contributed by atoms with Crippen molar-refractivity contribution in [1.82, 2.24) is 14.8 Å². The molecule has 0 aliphatic carbocycles. The molecule has 0 bridgehead atoms. The third-order valence-corrected chi connectivity index (χ3v) is 3.58. The van der Waals surface area contributed by atoms with E-state index in [4.69, 9.17) is 0 Å². The number of amides is 3. The molecule has 108 valence electrons. The van der Waals surface area contributed by atoms with Gasteiger partial charge in [-0.2, -0.15) is 0 Å². The Bertz CT molecular complexity index is 572. The van der Waals surface area contributed by atoms with Crippen LogP contribution in [0.4, 0.5) is 0 Å². The van der Waals surface area contributed by atoms with Crippen molar-refractivity contribution < 1.29 is 14.4 Å². The van der Waals surface area contributed by atoms with E-state index in [1.165, 1.54) is 4.90 Å². The van der Waals surface area contributed by atoms with E-state index in [9.17, 15) is 14.4 Å².